The highest BCUT2D eigenvalue weighted by Crippen LogP contribution is 2.50. The van der Waals surface area contributed by atoms with Gasteiger partial charge in [-0.1, -0.05) is 6.42 Å². The molecule has 1 aromatic heterocycles. The second kappa shape index (κ2) is 5.50. The highest BCUT2D eigenvalue weighted by Gasteiger charge is 2.42. The molecule has 0 aromatic carbocycles. The summed E-state index contributed by atoms with van der Waals surface area (Å²) in [5.74, 6) is 3.29. The number of rotatable bonds is 5. The summed E-state index contributed by atoms with van der Waals surface area (Å²) in [5, 5.41) is 17.4. The van der Waals surface area contributed by atoms with Crippen molar-refractivity contribution >= 4 is 17.3 Å². The van der Waals surface area contributed by atoms with Gasteiger partial charge in [0.2, 0.25) is 5.82 Å². The minimum Gasteiger partial charge on any atom is -0.373 e. The number of nitrogens with one attached hydrogen (secondary N) is 2. The van der Waals surface area contributed by atoms with Gasteiger partial charge < -0.3 is 10.6 Å². The van der Waals surface area contributed by atoms with Crippen molar-refractivity contribution in [3.8, 4) is 0 Å². The summed E-state index contributed by atoms with van der Waals surface area (Å²) in [6.45, 7) is 2.13. The smallest absolute Gasteiger partial charge is 0.311 e. The minimum atomic E-state index is -0.373. The highest BCUT2D eigenvalue weighted by molar-refractivity contribution is 5.60. The Morgan fingerprint density at radius 2 is 2.19 bits per heavy atom. The van der Waals surface area contributed by atoms with E-state index in [2.05, 4.69) is 22.5 Å². The molecule has 114 valence electrons. The first-order chi connectivity index (χ1) is 10.1. The molecule has 21 heavy (non-hydrogen) atoms. The van der Waals surface area contributed by atoms with Gasteiger partial charge in [0.1, 0.15) is 5.82 Å². The summed E-state index contributed by atoms with van der Waals surface area (Å²) >= 11 is 0. The lowest BCUT2D eigenvalue weighted by atomic mass is 9.84. The third-order valence-corrected chi connectivity index (χ3v) is 5.13. The third-order valence-electron chi connectivity index (χ3n) is 5.13. The molecule has 1 heterocycles. The van der Waals surface area contributed by atoms with Gasteiger partial charge >= 0.3 is 5.69 Å². The summed E-state index contributed by atoms with van der Waals surface area (Å²) in [4.78, 5) is 15.1. The van der Waals surface area contributed by atoms with Crippen LogP contribution in [0.5, 0.6) is 0 Å². The molecule has 0 spiro atoms. The first-order valence-electron chi connectivity index (χ1n) is 7.68. The quantitative estimate of drug-likeness (QED) is 0.642. The van der Waals surface area contributed by atoms with E-state index in [4.69, 9.17) is 0 Å². The predicted molar refractivity (Wildman–Crippen MR) is 82.5 cm³/mol. The maximum Gasteiger partial charge on any atom is 0.311 e. The molecule has 0 radical (unpaired) electrons. The van der Waals surface area contributed by atoms with Gasteiger partial charge in [0.25, 0.3) is 0 Å². The van der Waals surface area contributed by atoms with Crippen molar-refractivity contribution in [1.82, 2.24) is 4.98 Å². The van der Waals surface area contributed by atoms with Crippen molar-refractivity contribution in [3.63, 3.8) is 0 Å². The van der Waals surface area contributed by atoms with Crippen LogP contribution >= 0.6 is 0 Å². The van der Waals surface area contributed by atoms with Crippen LogP contribution in [0, 0.1) is 27.9 Å². The Kier molecular flexibility index (Phi) is 3.69. The molecule has 2 aliphatic carbocycles. The van der Waals surface area contributed by atoms with Gasteiger partial charge in [0.15, 0.2) is 0 Å². The highest BCUT2D eigenvalue weighted by atomic mass is 16.6. The Morgan fingerprint density at radius 1 is 1.38 bits per heavy atom. The van der Waals surface area contributed by atoms with E-state index in [-0.39, 0.29) is 16.7 Å². The Balaban J connectivity index is 1.78. The number of hydrogen-bond donors (Lipinski definition) is 2. The summed E-state index contributed by atoms with van der Waals surface area (Å²) in [6, 6.07) is 3.36. The van der Waals surface area contributed by atoms with E-state index in [0.29, 0.717) is 17.6 Å². The van der Waals surface area contributed by atoms with E-state index < -0.39 is 0 Å². The van der Waals surface area contributed by atoms with Crippen LogP contribution in [0.25, 0.3) is 0 Å². The van der Waals surface area contributed by atoms with E-state index in [1.54, 1.807) is 13.1 Å². The van der Waals surface area contributed by atoms with Crippen LogP contribution in [-0.4, -0.2) is 23.0 Å². The molecule has 4 atom stereocenters. The SMILES string of the molecule is CNc1ccc([N+](=O)[O-])c(NC(C)C2CC3CCC2C3)n1. The summed E-state index contributed by atoms with van der Waals surface area (Å²) < 4.78 is 0. The van der Waals surface area contributed by atoms with Crippen molar-refractivity contribution in [2.75, 3.05) is 17.7 Å². The van der Waals surface area contributed by atoms with Gasteiger partial charge in [0, 0.05) is 19.2 Å². The molecule has 2 fully saturated rings. The predicted octanol–water partition coefficient (Wildman–Crippen LogP) is 3.27. The molecule has 0 saturated heterocycles. The molecule has 4 unspecified atom stereocenters. The van der Waals surface area contributed by atoms with Crippen molar-refractivity contribution in [2.24, 2.45) is 17.8 Å². The second-order valence-electron chi connectivity index (χ2n) is 6.34. The molecule has 3 rings (SSSR count). The Bertz CT molecular complexity index is 548. The number of nitro groups is 1. The monoisotopic (exact) mass is 290 g/mol. The van der Waals surface area contributed by atoms with Gasteiger partial charge in [-0.3, -0.25) is 10.1 Å². The van der Waals surface area contributed by atoms with Crippen LogP contribution in [0.1, 0.15) is 32.6 Å². The fourth-order valence-corrected chi connectivity index (χ4v) is 4.07. The molecule has 0 amide bonds. The van der Waals surface area contributed by atoms with E-state index in [1.807, 2.05) is 0 Å². The Morgan fingerprint density at radius 3 is 2.76 bits per heavy atom. The zero-order chi connectivity index (χ0) is 15.0. The lowest BCUT2D eigenvalue weighted by molar-refractivity contribution is -0.384. The lowest BCUT2D eigenvalue weighted by Crippen LogP contribution is -2.30. The first kappa shape index (κ1) is 14.1. The van der Waals surface area contributed by atoms with E-state index >= 15 is 0 Å². The molecule has 2 bridgehead atoms. The number of hydrogen-bond acceptors (Lipinski definition) is 5. The molecule has 6 heteroatoms. The fourth-order valence-electron chi connectivity index (χ4n) is 4.07. The number of fused-ring (bicyclic) bond motifs is 2. The zero-order valence-corrected chi connectivity index (χ0v) is 12.5. The molecule has 2 saturated carbocycles. The van der Waals surface area contributed by atoms with E-state index in [1.165, 1.54) is 31.7 Å². The maximum absolute atomic E-state index is 11.2. The normalized spacial score (nSPS) is 28.4. The summed E-state index contributed by atoms with van der Waals surface area (Å²) in [5.41, 5.74) is 0.0454. The van der Waals surface area contributed by atoms with Crippen LogP contribution in [-0.2, 0) is 0 Å². The van der Waals surface area contributed by atoms with Crippen LogP contribution in [0.4, 0.5) is 17.3 Å². The van der Waals surface area contributed by atoms with Gasteiger partial charge in [-0.25, -0.2) is 4.98 Å². The molecule has 2 aliphatic rings. The lowest BCUT2D eigenvalue weighted by Gasteiger charge is -2.28. The largest absolute Gasteiger partial charge is 0.373 e. The minimum absolute atomic E-state index is 0.0454. The molecule has 2 N–H and O–H groups in total. The van der Waals surface area contributed by atoms with Gasteiger partial charge in [-0.15, -0.1) is 0 Å². The number of aromatic nitrogens is 1. The average Bonchev–Trinajstić information content (AvgIpc) is 3.09. The number of nitrogens with zero attached hydrogens (tertiary/aromatic N) is 2. The molecule has 0 aliphatic heterocycles. The average molecular weight is 290 g/mol. The van der Waals surface area contributed by atoms with Crippen LogP contribution in [0.15, 0.2) is 12.1 Å². The molecule has 6 nitrogen and oxygen atoms in total. The van der Waals surface area contributed by atoms with Gasteiger partial charge in [-0.05, 0) is 50.0 Å². The van der Waals surface area contributed by atoms with Crippen molar-refractivity contribution in [3.05, 3.63) is 22.2 Å². The van der Waals surface area contributed by atoms with Crippen LogP contribution in [0.3, 0.4) is 0 Å². The van der Waals surface area contributed by atoms with Gasteiger partial charge in [0.05, 0.1) is 4.92 Å². The van der Waals surface area contributed by atoms with E-state index in [9.17, 15) is 10.1 Å². The van der Waals surface area contributed by atoms with Gasteiger partial charge in [-0.2, -0.15) is 0 Å². The third kappa shape index (κ3) is 2.66. The van der Waals surface area contributed by atoms with E-state index in [0.717, 1.165) is 11.8 Å². The van der Waals surface area contributed by atoms with Crippen molar-refractivity contribution in [2.45, 2.75) is 38.6 Å². The zero-order valence-electron chi connectivity index (χ0n) is 12.5. The Labute approximate surface area is 124 Å². The Hall–Kier alpha value is -1.85. The number of pyridine rings is 1. The molecule has 1 aromatic rings. The topological polar surface area (TPSA) is 80.1 Å². The first-order valence-corrected chi connectivity index (χ1v) is 7.68. The van der Waals surface area contributed by atoms with Crippen molar-refractivity contribution in [1.29, 1.82) is 0 Å². The van der Waals surface area contributed by atoms with Crippen LogP contribution in [0.2, 0.25) is 0 Å². The standard InChI is InChI=1S/C15H22N4O2/c1-9(12-8-10-3-4-11(12)7-10)17-15-13(19(20)21)5-6-14(16-2)18-15/h5-6,9-12H,3-4,7-8H2,1-2H3,(H2,16,17,18). The second-order valence-corrected chi connectivity index (χ2v) is 6.34. The van der Waals surface area contributed by atoms with Crippen molar-refractivity contribution < 1.29 is 4.92 Å². The van der Waals surface area contributed by atoms with Crippen LogP contribution < -0.4 is 10.6 Å². The molecular formula is C15H22N4O2. The maximum atomic E-state index is 11.2. The summed E-state index contributed by atoms with van der Waals surface area (Å²) in [7, 11) is 1.76. The number of anilines is 2. The summed E-state index contributed by atoms with van der Waals surface area (Å²) in [6.07, 6.45) is 5.26. The fraction of sp³-hybridized carbons (Fsp3) is 0.667. The molecular weight excluding hydrogens is 268 g/mol.